The molecule has 1 aliphatic heterocycles. The number of nitrogens with zero attached hydrogens (tertiary/aromatic N) is 1. The molecule has 0 saturated carbocycles. The summed E-state index contributed by atoms with van der Waals surface area (Å²) in [4.78, 5) is 26.8. The summed E-state index contributed by atoms with van der Waals surface area (Å²) in [6, 6.07) is 18.6. The molecule has 0 spiro atoms. The summed E-state index contributed by atoms with van der Waals surface area (Å²) in [5.74, 6) is -1.16. The van der Waals surface area contributed by atoms with Gasteiger partial charge in [-0.15, -0.1) is 0 Å². The van der Waals surface area contributed by atoms with Crippen molar-refractivity contribution in [2.45, 2.75) is 75.6 Å². The number of carboxylic acid groups (broad SMARTS) is 1. The monoisotopic (exact) mass is 611 g/mol. The molecule has 9 nitrogen and oxygen atoms in total. The zero-order valence-corrected chi connectivity index (χ0v) is 25.4. The Morgan fingerprint density at radius 2 is 1.63 bits per heavy atom. The molecular formula is C32H38FN3O6S. The number of aliphatic hydroxyl groups is 1. The van der Waals surface area contributed by atoms with E-state index < -0.39 is 57.0 Å². The third-order valence-corrected chi connectivity index (χ3v) is 9.88. The highest BCUT2D eigenvalue weighted by atomic mass is 32.2. The molecule has 2 amide bonds. The molecule has 0 bridgehead atoms. The molecule has 0 unspecified atom stereocenters. The van der Waals surface area contributed by atoms with Crippen LogP contribution in [-0.2, 0) is 21.2 Å². The lowest BCUT2D eigenvalue weighted by molar-refractivity contribution is -0.117. The third kappa shape index (κ3) is 6.90. The molecule has 11 heteroatoms. The number of likely N-dealkylation sites (tertiary alicyclic amines) is 1. The van der Waals surface area contributed by atoms with Crippen LogP contribution < -0.4 is 10.0 Å². The number of nitrogens with one attached hydrogen (secondary N) is 2. The number of carbonyl (C=O) groups is 2. The Balaban J connectivity index is 1.49. The molecule has 3 aromatic rings. The number of aliphatic hydroxyl groups excluding tert-OH is 1. The van der Waals surface area contributed by atoms with Gasteiger partial charge in [0.05, 0.1) is 28.6 Å². The first-order valence-electron chi connectivity index (χ1n) is 14.1. The van der Waals surface area contributed by atoms with Gasteiger partial charge in [-0.1, -0.05) is 63.2 Å². The number of carbonyl (C=O) groups excluding carboxylic acids is 1. The Hall–Kier alpha value is -3.80. The molecule has 3 aromatic carbocycles. The maximum absolute atomic E-state index is 13.2. The first kappa shape index (κ1) is 32.1. The minimum absolute atomic E-state index is 0.161. The van der Waals surface area contributed by atoms with Crippen LogP contribution in [0.25, 0.3) is 0 Å². The highest BCUT2D eigenvalue weighted by Gasteiger charge is 2.56. The fraction of sp³-hybridized carbons (Fsp3) is 0.375. The van der Waals surface area contributed by atoms with E-state index in [0.29, 0.717) is 30.5 Å². The van der Waals surface area contributed by atoms with Crippen LogP contribution in [0.5, 0.6) is 0 Å². The molecule has 1 saturated heterocycles. The van der Waals surface area contributed by atoms with Crippen LogP contribution in [0.2, 0.25) is 0 Å². The first-order chi connectivity index (χ1) is 20.1. The van der Waals surface area contributed by atoms with E-state index in [1.807, 2.05) is 39.0 Å². The van der Waals surface area contributed by atoms with Crippen molar-refractivity contribution < 1.29 is 32.6 Å². The van der Waals surface area contributed by atoms with Crippen molar-refractivity contribution in [3.8, 4) is 0 Å². The quantitative estimate of drug-likeness (QED) is 0.258. The smallest absolute Gasteiger partial charge is 0.408 e. The summed E-state index contributed by atoms with van der Waals surface area (Å²) in [5, 5.41) is 24.3. The normalized spacial score (nSPS) is 20.4. The molecule has 1 aliphatic rings. The van der Waals surface area contributed by atoms with E-state index in [0.717, 1.165) is 29.8 Å². The van der Waals surface area contributed by atoms with Gasteiger partial charge in [0.25, 0.3) is 0 Å². The summed E-state index contributed by atoms with van der Waals surface area (Å²) < 4.78 is 40.6. The van der Waals surface area contributed by atoms with Crippen LogP contribution in [0.1, 0.15) is 57.8 Å². The minimum Gasteiger partial charge on any atom is -0.465 e. The van der Waals surface area contributed by atoms with E-state index in [1.165, 1.54) is 11.8 Å². The van der Waals surface area contributed by atoms with Crippen LogP contribution in [0.15, 0.2) is 83.8 Å². The van der Waals surface area contributed by atoms with Crippen molar-refractivity contribution in [3.05, 3.63) is 95.8 Å². The van der Waals surface area contributed by atoms with Gasteiger partial charge in [0.15, 0.2) is 0 Å². The Labute approximate surface area is 251 Å². The molecule has 0 aromatic heterocycles. The van der Waals surface area contributed by atoms with Gasteiger partial charge < -0.3 is 15.5 Å². The van der Waals surface area contributed by atoms with Crippen LogP contribution in [0.4, 0.5) is 14.9 Å². The number of sulfonamides is 1. The summed E-state index contributed by atoms with van der Waals surface area (Å²) in [5.41, 5.74) is 0.666. The van der Waals surface area contributed by atoms with Crippen LogP contribution in [0, 0.1) is 11.2 Å². The standard InChI is InChI=1S/C32H38FN3O6S/c1-21(35-43(41,42)26-16-12-24(33)13-17-26)29(38)34-25-14-10-22(11-15-25)20-32(31(2,3)4)19-18-27(36(32)30(39)40)28(37)23-8-6-5-7-9-23/h5-17,21,27-28,35,37H,18-20H2,1-4H3,(H,34,38)(H,39,40)/t21-,27+,28+,32-/m0/s1. The van der Waals surface area contributed by atoms with E-state index in [2.05, 4.69) is 10.0 Å². The van der Waals surface area contributed by atoms with Crippen molar-refractivity contribution in [2.75, 3.05) is 5.32 Å². The lowest BCUT2D eigenvalue weighted by Crippen LogP contribution is -2.59. The SMILES string of the molecule is C[C@H](NS(=O)(=O)c1ccc(F)cc1)C(=O)Nc1ccc(C[C@]2(C(C)(C)C)CC[C@H]([C@H](O)c3ccccc3)N2C(=O)O)cc1. The van der Waals surface area contributed by atoms with Crippen molar-refractivity contribution in [1.82, 2.24) is 9.62 Å². The van der Waals surface area contributed by atoms with Gasteiger partial charge in [-0.3, -0.25) is 9.69 Å². The number of hydrogen-bond acceptors (Lipinski definition) is 5. The molecule has 0 aliphatic carbocycles. The van der Waals surface area contributed by atoms with Gasteiger partial charge in [-0.05, 0) is 79.1 Å². The highest BCUT2D eigenvalue weighted by molar-refractivity contribution is 7.89. The first-order valence-corrected chi connectivity index (χ1v) is 15.6. The summed E-state index contributed by atoms with van der Waals surface area (Å²) in [6.07, 6.45) is -0.612. The average Bonchev–Trinajstić information content (AvgIpc) is 3.35. The van der Waals surface area contributed by atoms with Crippen molar-refractivity contribution in [1.29, 1.82) is 0 Å². The van der Waals surface area contributed by atoms with Gasteiger partial charge in [0.1, 0.15) is 5.82 Å². The van der Waals surface area contributed by atoms with Gasteiger partial charge in [-0.2, -0.15) is 4.72 Å². The third-order valence-electron chi connectivity index (χ3n) is 8.32. The maximum Gasteiger partial charge on any atom is 0.408 e. The van der Waals surface area contributed by atoms with E-state index in [9.17, 15) is 32.6 Å². The van der Waals surface area contributed by atoms with Gasteiger partial charge in [0, 0.05) is 5.69 Å². The molecule has 1 fully saturated rings. The zero-order chi connectivity index (χ0) is 31.6. The lowest BCUT2D eigenvalue weighted by atomic mass is 9.68. The van der Waals surface area contributed by atoms with E-state index >= 15 is 0 Å². The van der Waals surface area contributed by atoms with Crippen LogP contribution in [0.3, 0.4) is 0 Å². The summed E-state index contributed by atoms with van der Waals surface area (Å²) >= 11 is 0. The Morgan fingerprint density at radius 1 is 1.02 bits per heavy atom. The second-order valence-corrected chi connectivity index (χ2v) is 13.8. The fourth-order valence-corrected chi connectivity index (χ4v) is 7.09. The average molecular weight is 612 g/mol. The van der Waals surface area contributed by atoms with Gasteiger partial charge in [-0.25, -0.2) is 17.6 Å². The number of benzene rings is 3. The summed E-state index contributed by atoms with van der Waals surface area (Å²) in [7, 11) is -4.04. The Kier molecular flexibility index (Phi) is 9.29. The van der Waals surface area contributed by atoms with E-state index in [1.54, 1.807) is 36.4 Å². The maximum atomic E-state index is 13.2. The van der Waals surface area contributed by atoms with Crippen molar-refractivity contribution >= 4 is 27.7 Å². The predicted molar refractivity (Wildman–Crippen MR) is 161 cm³/mol. The Morgan fingerprint density at radius 3 is 2.19 bits per heavy atom. The van der Waals surface area contributed by atoms with Crippen molar-refractivity contribution in [2.24, 2.45) is 5.41 Å². The van der Waals surface area contributed by atoms with Crippen LogP contribution in [-0.4, -0.2) is 53.2 Å². The topological polar surface area (TPSA) is 136 Å². The Bertz CT molecular complexity index is 1540. The minimum atomic E-state index is -4.04. The molecule has 0 radical (unpaired) electrons. The zero-order valence-electron chi connectivity index (χ0n) is 24.6. The van der Waals surface area contributed by atoms with Crippen molar-refractivity contribution in [3.63, 3.8) is 0 Å². The van der Waals surface area contributed by atoms with E-state index in [4.69, 9.17) is 0 Å². The van der Waals surface area contributed by atoms with E-state index in [-0.39, 0.29) is 4.90 Å². The molecule has 43 heavy (non-hydrogen) atoms. The number of halogens is 1. The molecule has 4 rings (SSSR count). The fourth-order valence-electron chi connectivity index (χ4n) is 5.89. The lowest BCUT2D eigenvalue weighted by Gasteiger charge is -2.49. The second-order valence-electron chi connectivity index (χ2n) is 12.1. The number of rotatable bonds is 9. The number of hydrogen-bond donors (Lipinski definition) is 4. The molecule has 4 atom stereocenters. The highest BCUT2D eigenvalue weighted by Crippen LogP contribution is 2.50. The summed E-state index contributed by atoms with van der Waals surface area (Å²) in [6.45, 7) is 7.41. The van der Waals surface area contributed by atoms with Crippen LogP contribution >= 0.6 is 0 Å². The van der Waals surface area contributed by atoms with Gasteiger partial charge >= 0.3 is 6.09 Å². The second kappa shape index (κ2) is 12.4. The van der Waals surface area contributed by atoms with Gasteiger partial charge in [0.2, 0.25) is 15.9 Å². The molecule has 1 heterocycles. The molecular weight excluding hydrogens is 573 g/mol. The largest absolute Gasteiger partial charge is 0.465 e. The predicted octanol–water partition coefficient (Wildman–Crippen LogP) is 5.33. The molecule has 4 N–H and O–H groups in total. The number of anilines is 1. The molecule has 230 valence electrons. The number of amides is 2.